The molecule has 2 atom stereocenters. The van der Waals surface area contributed by atoms with Crippen molar-refractivity contribution in [2.24, 2.45) is 7.05 Å². The molecule has 0 amide bonds. The Balaban J connectivity index is 2.13. The average molecular weight is 467 g/mol. The number of halogens is 2. The van der Waals surface area contributed by atoms with Crippen molar-refractivity contribution in [1.82, 2.24) is 20.2 Å². The van der Waals surface area contributed by atoms with Crippen molar-refractivity contribution in [3.05, 3.63) is 95.0 Å². The third-order valence-electron chi connectivity index (χ3n) is 4.83. The van der Waals surface area contributed by atoms with E-state index in [1.54, 1.807) is 31.3 Å². The molecule has 0 aliphatic heterocycles. The number of aliphatic carboxylic acids is 1. The highest BCUT2D eigenvalue weighted by molar-refractivity contribution is 6.00. The van der Waals surface area contributed by atoms with E-state index in [9.17, 15) is 28.9 Å². The molecule has 0 unspecified atom stereocenters. The Morgan fingerprint density at radius 3 is 2.12 bits per heavy atom. The summed E-state index contributed by atoms with van der Waals surface area (Å²) in [7, 11) is 1.62. The molecule has 0 spiro atoms. The molecule has 0 aliphatic rings. The van der Waals surface area contributed by atoms with Gasteiger partial charge >= 0.3 is 0 Å². The zero-order valence-corrected chi connectivity index (χ0v) is 18.1. The lowest BCUT2D eigenvalue weighted by atomic mass is 9.92. The topological polar surface area (TPSA) is 124 Å². The minimum Gasteiger partial charge on any atom is -0.550 e. The summed E-state index contributed by atoms with van der Waals surface area (Å²) in [6.45, 7) is 0. The number of hydrogen-bond acceptors (Lipinski definition) is 7. The highest BCUT2D eigenvalue weighted by Gasteiger charge is 2.17. The molecule has 8 nitrogen and oxygen atoms in total. The van der Waals surface area contributed by atoms with Crippen LogP contribution in [0, 0.1) is 11.6 Å². The van der Waals surface area contributed by atoms with Gasteiger partial charge < -0.3 is 20.1 Å². The summed E-state index contributed by atoms with van der Waals surface area (Å²) in [5, 5.41) is 41.9. The molecular formula is C24H21F2N4O4-. The Bertz CT molecular complexity index is 1180. The molecule has 2 aromatic carbocycles. The lowest BCUT2D eigenvalue weighted by Gasteiger charge is -2.14. The summed E-state index contributed by atoms with van der Waals surface area (Å²) in [6, 6.07) is 11.4. The predicted octanol–water partition coefficient (Wildman–Crippen LogP) is 1.41. The smallest absolute Gasteiger partial charge is 0.183 e. The molecule has 10 heteroatoms. The Labute approximate surface area is 193 Å². The van der Waals surface area contributed by atoms with Gasteiger partial charge in [0.25, 0.3) is 0 Å². The van der Waals surface area contributed by atoms with Gasteiger partial charge in [-0.2, -0.15) is 0 Å². The van der Waals surface area contributed by atoms with Crippen molar-refractivity contribution in [2.45, 2.75) is 25.0 Å². The van der Waals surface area contributed by atoms with Crippen LogP contribution in [0.25, 0.3) is 11.1 Å². The standard InChI is InChI=1S/C24H22F2N4O4/c1-30-24(27-28-29-30)21(4-2-3-19(31)13-20(32)14-22(33)34)23(15-5-9-17(25)10-6-15)16-7-11-18(26)12-8-16/h3-12,19-20,31-32H,13-14H2,1H3,(H,33,34)/p-1/t2?,19-,20-/m1/s1. The summed E-state index contributed by atoms with van der Waals surface area (Å²) in [6.07, 6.45) is -0.585. The quantitative estimate of drug-likeness (QED) is 0.360. The monoisotopic (exact) mass is 467 g/mol. The fourth-order valence-electron chi connectivity index (χ4n) is 3.28. The number of rotatable bonds is 9. The first kappa shape index (κ1) is 24.7. The fourth-order valence-corrected chi connectivity index (χ4v) is 3.28. The molecule has 176 valence electrons. The molecule has 0 bridgehead atoms. The number of benzene rings is 2. The summed E-state index contributed by atoms with van der Waals surface area (Å²) >= 11 is 0. The molecular weight excluding hydrogens is 446 g/mol. The third kappa shape index (κ3) is 6.52. The molecule has 1 heterocycles. The molecule has 0 saturated carbocycles. The molecule has 0 fully saturated rings. The van der Waals surface area contributed by atoms with E-state index in [2.05, 4.69) is 21.3 Å². The van der Waals surface area contributed by atoms with Crippen LogP contribution in [0.15, 0.2) is 66.4 Å². The van der Waals surface area contributed by atoms with E-state index in [0.717, 1.165) is 0 Å². The second kappa shape index (κ2) is 11.2. The minimum absolute atomic E-state index is 0.234. The lowest BCUT2D eigenvalue weighted by molar-refractivity contribution is -0.307. The summed E-state index contributed by atoms with van der Waals surface area (Å²) < 4.78 is 28.6. The van der Waals surface area contributed by atoms with Crippen molar-refractivity contribution >= 4 is 17.1 Å². The number of carboxylic acids is 1. The number of allylic oxidation sites excluding steroid dienone is 1. The van der Waals surface area contributed by atoms with Crippen LogP contribution in [-0.2, 0) is 11.8 Å². The molecule has 3 rings (SSSR count). The molecule has 0 saturated heterocycles. The van der Waals surface area contributed by atoms with E-state index < -0.39 is 36.2 Å². The van der Waals surface area contributed by atoms with Crippen LogP contribution in [0.4, 0.5) is 8.78 Å². The minimum atomic E-state index is -1.43. The van der Waals surface area contributed by atoms with E-state index >= 15 is 0 Å². The zero-order chi connectivity index (χ0) is 24.7. The van der Waals surface area contributed by atoms with Gasteiger partial charge in [0, 0.05) is 37.0 Å². The number of carbonyl (C=O) groups excluding carboxylic acids is 1. The van der Waals surface area contributed by atoms with Gasteiger partial charge in [0.2, 0.25) is 0 Å². The highest BCUT2D eigenvalue weighted by atomic mass is 19.1. The number of aliphatic hydroxyl groups is 2. The van der Waals surface area contributed by atoms with Gasteiger partial charge in [0.15, 0.2) is 5.82 Å². The number of carbonyl (C=O) groups is 1. The van der Waals surface area contributed by atoms with Crippen LogP contribution in [0.1, 0.15) is 29.8 Å². The van der Waals surface area contributed by atoms with Crippen LogP contribution < -0.4 is 5.11 Å². The van der Waals surface area contributed by atoms with Crippen LogP contribution in [0.2, 0.25) is 0 Å². The van der Waals surface area contributed by atoms with Gasteiger partial charge in [-0.1, -0.05) is 24.3 Å². The van der Waals surface area contributed by atoms with Crippen molar-refractivity contribution in [3.8, 4) is 0 Å². The van der Waals surface area contributed by atoms with Gasteiger partial charge in [-0.25, -0.2) is 13.5 Å². The number of aryl methyl sites for hydroxylation is 1. The van der Waals surface area contributed by atoms with Crippen LogP contribution in [0.3, 0.4) is 0 Å². The number of aromatic nitrogens is 4. The maximum Gasteiger partial charge on any atom is 0.183 e. The summed E-state index contributed by atoms with van der Waals surface area (Å²) in [5.41, 5.74) is 4.98. The molecule has 0 radical (unpaired) electrons. The van der Waals surface area contributed by atoms with Gasteiger partial charge in [-0.3, -0.25) is 0 Å². The average Bonchev–Trinajstić information content (AvgIpc) is 3.20. The number of nitrogens with zero attached hydrogens (tertiary/aromatic N) is 4. The summed E-state index contributed by atoms with van der Waals surface area (Å²) in [4.78, 5) is 10.6. The fraction of sp³-hybridized carbons (Fsp3) is 0.208. The Morgan fingerprint density at radius 1 is 1.09 bits per heavy atom. The van der Waals surface area contributed by atoms with Gasteiger partial charge in [-0.05, 0) is 58.0 Å². The van der Waals surface area contributed by atoms with Crippen LogP contribution in [-0.4, -0.2) is 48.6 Å². The molecule has 1 aromatic heterocycles. The maximum absolute atomic E-state index is 13.6. The van der Waals surface area contributed by atoms with E-state index in [1.165, 1.54) is 41.1 Å². The first-order valence-corrected chi connectivity index (χ1v) is 10.2. The van der Waals surface area contributed by atoms with Crippen molar-refractivity contribution in [3.63, 3.8) is 0 Å². The summed E-state index contributed by atoms with van der Waals surface area (Å²) in [5.74, 6) is -1.98. The van der Waals surface area contributed by atoms with E-state index in [1.807, 2.05) is 0 Å². The zero-order valence-electron chi connectivity index (χ0n) is 18.1. The number of carboxylic acid groups (broad SMARTS) is 1. The number of hydrogen-bond donors (Lipinski definition) is 2. The number of aliphatic hydroxyl groups excluding tert-OH is 2. The Hall–Kier alpha value is -3.98. The van der Waals surface area contributed by atoms with Crippen molar-refractivity contribution in [1.29, 1.82) is 0 Å². The third-order valence-corrected chi connectivity index (χ3v) is 4.83. The second-order valence-corrected chi connectivity index (χ2v) is 7.44. The maximum atomic E-state index is 13.6. The number of tetrazole rings is 1. The van der Waals surface area contributed by atoms with Crippen LogP contribution in [0.5, 0.6) is 0 Å². The Morgan fingerprint density at radius 2 is 1.65 bits per heavy atom. The highest BCUT2D eigenvalue weighted by Crippen LogP contribution is 2.32. The lowest BCUT2D eigenvalue weighted by Crippen LogP contribution is -2.29. The largest absolute Gasteiger partial charge is 0.550 e. The van der Waals surface area contributed by atoms with E-state index in [0.29, 0.717) is 28.1 Å². The molecule has 34 heavy (non-hydrogen) atoms. The first-order chi connectivity index (χ1) is 16.2. The second-order valence-electron chi connectivity index (χ2n) is 7.44. The van der Waals surface area contributed by atoms with Crippen molar-refractivity contribution < 1.29 is 28.9 Å². The normalized spacial score (nSPS) is 12.4. The van der Waals surface area contributed by atoms with Gasteiger partial charge in [0.1, 0.15) is 11.6 Å². The molecule has 2 N–H and O–H groups in total. The Kier molecular flexibility index (Phi) is 8.15. The van der Waals surface area contributed by atoms with Gasteiger partial charge in [-0.15, -0.1) is 10.8 Å². The SMILES string of the molecule is Cn1nnnc1C(C=C=C[C@@H](O)C[C@@H](O)CC(=O)[O-])=C(c1ccc(F)cc1)c1ccc(F)cc1. The molecule has 0 aliphatic carbocycles. The van der Waals surface area contributed by atoms with Gasteiger partial charge in [0.05, 0.1) is 12.2 Å². The van der Waals surface area contributed by atoms with Crippen LogP contribution >= 0.6 is 0 Å². The van der Waals surface area contributed by atoms with E-state index in [4.69, 9.17) is 0 Å². The first-order valence-electron chi connectivity index (χ1n) is 10.2. The van der Waals surface area contributed by atoms with E-state index in [-0.39, 0.29) is 6.42 Å². The predicted molar refractivity (Wildman–Crippen MR) is 116 cm³/mol. The molecule has 3 aromatic rings. The van der Waals surface area contributed by atoms with Crippen molar-refractivity contribution in [2.75, 3.05) is 0 Å².